The molecule has 0 N–H and O–H groups in total. The van der Waals surface area contributed by atoms with Crippen LogP contribution in [0.15, 0.2) is 57.9 Å². The van der Waals surface area contributed by atoms with Crippen LogP contribution in [-0.2, 0) is 4.79 Å². The quantitative estimate of drug-likeness (QED) is 0.713. The fraction of sp³-hybridized carbons (Fsp3) is 0.111. The molecule has 0 amide bonds. The van der Waals surface area contributed by atoms with Crippen molar-refractivity contribution in [3.8, 4) is 17.2 Å². The van der Waals surface area contributed by atoms with Gasteiger partial charge >= 0.3 is 0 Å². The Morgan fingerprint density at radius 1 is 1.17 bits per heavy atom. The summed E-state index contributed by atoms with van der Waals surface area (Å²) in [5.74, 6) is -0.431. The second-order valence-corrected chi connectivity index (χ2v) is 5.12. The molecule has 0 aliphatic heterocycles. The lowest BCUT2D eigenvalue weighted by Crippen LogP contribution is -2.28. The molecule has 122 valence electrons. The molecule has 0 bridgehead atoms. The molecule has 1 heterocycles. The number of carbonyl (C=O) groups is 1. The van der Waals surface area contributed by atoms with Gasteiger partial charge in [-0.1, -0.05) is 18.2 Å². The lowest BCUT2D eigenvalue weighted by Gasteiger charge is -2.09. The largest absolute Gasteiger partial charge is 0.546 e. The van der Waals surface area contributed by atoms with E-state index in [-0.39, 0.29) is 22.5 Å². The predicted molar refractivity (Wildman–Crippen MR) is 84.2 cm³/mol. The van der Waals surface area contributed by atoms with Crippen LogP contribution in [0.25, 0.3) is 11.0 Å². The van der Waals surface area contributed by atoms with E-state index in [1.54, 1.807) is 6.07 Å². The minimum atomic E-state index is -1.33. The lowest BCUT2D eigenvalue weighted by molar-refractivity contribution is -0.307. The highest BCUT2D eigenvalue weighted by Gasteiger charge is 2.11. The number of hydrogen-bond acceptors (Lipinski definition) is 6. The fourth-order valence-electron chi connectivity index (χ4n) is 2.18. The molecule has 0 saturated carbocycles. The molecule has 0 fully saturated rings. The first-order chi connectivity index (χ1) is 11.5. The molecule has 0 aliphatic carbocycles. The first-order valence-corrected chi connectivity index (χ1v) is 7.16. The molecule has 6 heteroatoms. The first kappa shape index (κ1) is 15.6. The second kappa shape index (κ2) is 6.45. The number of aliphatic carboxylic acids is 1. The molecule has 24 heavy (non-hydrogen) atoms. The van der Waals surface area contributed by atoms with E-state index < -0.39 is 12.6 Å². The summed E-state index contributed by atoms with van der Waals surface area (Å²) in [5.41, 5.74) is 0.835. The van der Waals surface area contributed by atoms with Gasteiger partial charge in [-0.25, -0.2) is 0 Å². The average molecular weight is 325 g/mol. The molecule has 3 rings (SSSR count). The topological polar surface area (TPSA) is 88.8 Å². The zero-order valence-electron chi connectivity index (χ0n) is 12.8. The normalized spacial score (nSPS) is 10.5. The van der Waals surface area contributed by atoms with Gasteiger partial charge in [0.25, 0.3) is 0 Å². The molecule has 3 aromatic rings. The Morgan fingerprint density at radius 2 is 1.96 bits per heavy atom. The van der Waals surface area contributed by atoms with Crippen molar-refractivity contribution in [2.75, 3.05) is 6.61 Å². The number of carboxylic acids is 1. The summed E-state index contributed by atoms with van der Waals surface area (Å²) < 4.78 is 16.1. The maximum absolute atomic E-state index is 12.5. The Bertz CT molecular complexity index is 957. The highest BCUT2D eigenvalue weighted by atomic mass is 16.5. The molecule has 0 unspecified atom stereocenters. The fourth-order valence-corrected chi connectivity index (χ4v) is 2.18. The number of ether oxygens (including phenoxy) is 2. The lowest BCUT2D eigenvalue weighted by atomic mass is 10.2. The molecule has 6 nitrogen and oxygen atoms in total. The number of hydrogen-bond donors (Lipinski definition) is 0. The highest BCUT2D eigenvalue weighted by molar-refractivity contribution is 5.79. The monoisotopic (exact) mass is 325 g/mol. The van der Waals surface area contributed by atoms with Crippen molar-refractivity contribution in [1.82, 2.24) is 0 Å². The van der Waals surface area contributed by atoms with Crippen LogP contribution in [0, 0.1) is 6.92 Å². The summed E-state index contributed by atoms with van der Waals surface area (Å²) >= 11 is 0. The first-order valence-electron chi connectivity index (χ1n) is 7.16. The van der Waals surface area contributed by atoms with Gasteiger partial charge in [-0.2, -0.15) is 0 Å². The molecular formula is C18H13O6-. The minimum absolute atomic E-state index is 0.0696. The van der Waals surface area contributed by atoms with Gasteiger partial charge in [-0.05, 0) is 30.7 Å². The summed E-state index contributed by atoms with van der Waals surface area (Å²) in [6.45, 7) is 1.29. The number of benzene rings is 2. The van der Waals surface area contributed by atoms with E-state index >= 15 is 0 Å². The molecule has 0 aliphatic rings. The van der Waals surface area contributed by atoms with Crippen LogP contribution in [0.1, 0.15) is 5.56 Å². The maximum Gasteiger partial charge on any atom is 0.235 e. The van der Waals surface area contributed by atoms with Crippen molar-refractivity contribution >= 4 is 16.9 Å². The second-order valence-electron chi connectivity index (χ2n) is 5.12. The SMILES string of the molecule is Cc1ccccc1Oc1coc2cc(OCC(=O)[O-])ccc2c1=O. The minimum Gasteiger partial charge on any atom is -0.546 e. The van der Waals surface area contributed by atoms with Crippen molar-refractivity contribution in [2.45, 2.75) is 6.92 Å². The van der Waals surface area contributed by atoms with Gasteiger partial charge in [-0.3, -0.25) is 4.79 Å². The Labute approximate surface area is 136 Å². The summed E-state index contributed by atoms with van der Waals surface area (Å²) in [7, 11) is 0. The molecule has 2 aromatic carbocycles. The third-order valence-electron chi connectivity index (χ3n) is 3.38. The van der Waals surface area contributed by atoms with Crippen LogP contribution in [0.2, 0.25) is 0 Å². The smallest absolute Gasteiger partial charge is 0.235 e. The Morgan fingerprint density at radius 3 is 2.71 bits per heavy atom. The third-order valence-corrected chi connectivity index (χ3v) is 3.38. The molecule has 0 radical (unpaired) electrons. The van der Waals surface area contributed by atoms with Crippen LogP contribution in [0.4, 0.5) is 0 Å². The Hall–Kier alpha value is -3.28. The van der Waals surface area contributed by atoms with Crippen LogP contribution in [0.3, 0.4) is 0 Å². The zero-order chi connectivity index (χ0) is 17.1. The number of carboxylic acid groups (broad SMARTS) is 1. The molecule has 1 aromatic heterocycles. The Balaban J connectivity index is 1.93. The van der Waals surface area contributed by atoms with Crippen molar-refractivity contribution < 1.29 is 23.8 Å². The van der Waals surface area contributed by atoms with E-state index in [0.29, 0.717) is 11.1 Å². The molecular weight excluding hydrogens is 312 g/mol. The average Bonchev–Trinajstić information content (AvgIpc) is 2.57. The molecule has 0 saturated heterocycles. The summed E-state index contributed by atoms with van der Waals surface area (Å²) in [5, 5.41) is 10.7. The maximum atomic E-state index is 12.5. The van der Waals surface area contributed by atoms with Gasteiger partial charge in [-0.15, -0.1) is 0 Å². The summed E-state index contributed by atoms with van der Waals surface area (Å²) in [6.07, 6.45) is 1.22. The Kier molecular flexibility index (Phi) is 4.20. The van der Waals surface area contributed by atoms with Gasteiger partial charge < -0.3 is 23.8 Å². The van der Waals surface area contributed by atoms with E-state index in [4.69, 9.17) is 13.9 Å². The van der Waals surface area contributed by atoms with E-state index in [1.165, 1.54) is 24.5 Å². The number of rotatable bonds is 5. The van der Waals surface area contributed by atoms with Crippen LogP contribution < -0.4 is 20.0 Å². The molecule has 0 spiro atoms. The van der Waals surface area contributed by atoms with Gasteiger partial charge in [0.1, 0.15) is 30.0 Å². The zero-order valence-corrected chi connectivity index (χ0v) is 12.8. The number of aryl methyl sites for hydroxylation is 1. The van der Waals surface area contributed by atoms with E-state index in [9.17, 15) is 14.7 Å². The van der Waals surface area contributed by atoms with E-state index in [2.05, 4.69) is 0 Å². The van der Waals surface area contributed by atoms with Gasteiger partial charge in [0.2, 0.25) is 11.2 Å². The predicted octanol–water partition coefficient (Wildman–Crippen LogP) is 2.02. The van der Waals surface area contributed by atoms with E-state index in [0.717, 1.165) is 5.56 Å². The summed E-state index contributed by atoms with van der Waals surface area (Å²) in [4.78, 5) is 22.9. The third kappa shape index (κ3) is 3.22. The van der Waals surface area contributed by atoms with Gasteiger partial charge in [0.05, 0.1) is 11.4 Å². The van der Waals surface area contributed by atoms with Gasteiger partial charge in [0, 0.05) is 6.07 Å². The standard InChI is InChI=1S/C18H14O6/c1-11-4-2-3-5-14(11)24-16-9-23-15-8-12(22-10-17(19)20)6-7-13(15)18(16)21/h2-9H,10H2,1H3,(H,19,20)/p-1. The van der Waals surface area contributed by atoms with Gasteiger partial charge in [0.15, 0.2) is 0 Å². The van der Waals surface area contributed by atoms with Crippen molar-refractivity contribution in [3.05, 3.63) is 64.5 Å². The molecule has 0 atom stereocenters. The number of fused-ring (bicyclic) bond motifs is 1. The van der Waals surface area contributed by atoms with Crippen LogP contribution in [0.5, 0.6) is 17.2 Å². The highest BCUT2D eigenvalue weighted by Crippen LogP contribution is 2.25. The van der Waals surface area contributed by atoms with Crippen molar-refractivity contribution in [1.29, 1.82) is 0 Å². The van der Waals surface area contributed by atoms with Crippen LogP contribution >= 0.6 is 0 Å². The number of para-hydroxylation sites is 1. The van der Waals surface area contributed by atoms with Crippen molar-refractivity contribution in [3.63, 3.8) is 0 Å². The van der Waals surface area contributed by atoms with Crippen molar-refractivity contribution in [2.24, 2.45) is 0 Å². The number of carbonyl (C=O) groups excluding carboxylic acids is 1. The van der Waals surface area contributed by atoms with E-state index in [1.807, 2.05) is 25.1 Å². The van der Waals surface area contributed by atoms with Crippen LogP contribution in [-0.4, -0.2) is 12.6 Å². The summed E-state index contributed by atoms with van der Waals surface area (Å²) in [6, 6.07) is 11.7.